The molecule has 0 saturated carbocycles. The minimum Gasteiger partial charge on any atom is -0.496 e. The Balaban J connectivity index is 2.36. The topological polar surface area (TPSA) is 9.23 Å². The molecule has 1 unspecified atom stereocenters. The molecule has 0 spiro atoms. The molecule has 0 fully saturated rings. The average molecular weight is 315 g/mol. The molecule has 0 amide bonds. The van der Waals surface area contributed by atoms with Crippen LogP contribution in [-0.2, 0) is 0 Å². The highest BCUT2D eigenvalue weighted by atomic mass is 79.9. The third-order valence-electron chi connectivity index (χ3n) is 2.58. The number of benzene rings is 1. The molecule has 0 aliphatic carbocycles. The maximum absolute atomic E-state index is 13.2. The van der Waals surface area contributed by atoms with Crippen molar-refractivity contribution >= 4 is 27.3 Å². The van der Waals surface area contributed by atoms with E-state index in [1.165, 1.54) is 6.07 Å². The van der Waals surface area contributed by atoms with E-state index < -0.39 is 0 Å². The summed E-state index contributed by atoms with van der Waals surface area (Å²) in [6.07, 6.45) is 0. The van der Waals surface area contributed by atoms with Gasteiger partial charge in [-0.2, -0.15) is 0 Å². The summed E-state index contributed by atoms with van der Waals surface area (Å²) in [7, 11) is 1.65. The number of alkyl halides is 1. The lowest BCUT2D eigenvalue weighted by Crippen LogP contribution is -1.94. The SMILES string of the molecule is COc1ccsc1C(Br)c1ccc(F)c(C)c1. The van der Waals surface area contributed by atoms with E-state index in [9.17, 15) is 4.39 Å². The van der Waals surface area contributed by atoms with Crippen molar-refractivity contribution in [2.24, 2.45) is 0 Å². The number of rotatable bonds is 3. The predicted molar refractivity (Wildman–Crippen MR) is 72.8 cm³/mol. The van der Waals surface area contributed by atoms with Gasteiger partial charge < -0.3 is 4.74 Å². The average Bonchev–Trinajstić information content (AvgIpc) is 2.80. The van der Waals surface area contributed by atoms with Crippen LogP contribution in [0.5, 0.6) is 5.75 Å². The summed E-state index contributed by atoms with van der Waals surface area (Å²) in [5.41, 5.74) is 1.69. The number of halogens is 2. The molecule has 1 aromatic carbocycles. The van der Waals surface area contributed by atoms with E-state index in [1.807, 2.05) is 17.5 Å². The first-order valence-corrected chi connectivity index (χ1v) is 6.94. The van der Waals surface area contributed by atoms with E-state index in [0.717, 1.165) is 16.2 Å². The van der Waals surface area contributed by atoms with Crippen molar-refractivity contribution in [3.8, 4) is 5.75 Å². The Morgan fingerprint density at radius 2 is 2.12 bits per heavy atom. The summed E-state index contributed by atoms with van der Waals surface area (Å²) >= 11 is 5.25. The van der Waals surface area contributed by atoms with Gasteiger partial charge >= 0.3 is 0 Å². The zero-order chi connectivity index (χ0) is 12.4. The van der Waals surface area contributed by atoms with Crippen molar-refractivity contribution < 1.29 is 9.13 Å². The van der Waals surface area contributed by atoms with Crippen LogP contribution in [0, 0.1) is 12.7 Å². The van der Waals surface area contributed by atoms with E-state index in [2.05, 4.69) is 15.9 Å². The monoisotopic (exact) mass is 314 g/mol. The third-order valence-corrected chi connectivity index (χ3v) is 4.83. The Bertz CT molecular complexity index is 524. The molecule has 1 heterocycles. The van der Waals surface area contributed by atoms with Gasteiger partial charge in [0.1, 0.15) is 11.6 Å². The smallest absolute Gasteiger partial charge is 0.134 e. The van der Waals surface area contributed by atoms with Gasteiger partial charge in [-0.25, -0.2) is 4.39 Å². The fourth-order valence-corrected chi connectivity index (χ4v) is 3.33. The molecule has 1 nitrogen and oxygen atoms in total. The molecule has 90 valence electrons. The first kappa shape index (κ1) is 12.6. The van der Waals surface area contributed by atoms with Crippen molar-refractivity contribution in [1.29, 1.82) is 0 Å². The van der Waals surface area contributed by atoms with Crippen LogP contribution in [0.2, 0.25) is 0 Å². The molecule has 0 bridgehead atoms. The summed E-state index contributed by atoms with van der Waals surface area (Å²) in [5, 5.41) is 1.98. The number of methoxy groups -OCH3 is 1. The second-order valence-corrected chi connectivity index (χ2v) is 5.59. The van der Waals surface area contributed by atoms with Crippen LogP contribution in [0.25, 0.3) is 0 Å². The molecule has 2 rings (SSSR count). The largest absolute Gasteiger partial charge is 0.496 e. The second-order valence-electron chi connectivity index (χ2n) is 3.72. The Hall–Kier alpha value is -0.870. The first-order valence-electron chi connectivity index (χ1n) is 5.15. The van der Waals surface area contributed by atoms with E-state index in [4.69, 9.17) is 4.74 Å². The molecule has 0 N–H and O–H groups in total. The maximum Gasteiger partial charge on any atom is 0.134 e. The summed E-state index contributed by atoms with van der Waals surface area (Å²) in [4.78, 5) is 1.13. The minimum absolute atomic E-state index is 0.0387. The van der Waals surface area contributed by atoms with Crippen molar-refractivity contribution in [2.75, 3.05) is 7.11 Å². The molecule has 2 aromatic rings. The van der Waals surface area contributed by atoms with Gasteiger partial charge in [0.2, 0.25) is 0 Å². The van der Waals surface area contributed by atoms with Crippen molar-refractivity contribution in [3.63, 3.8) is 0 Å². The van der Waals surface area contributed by atoms with Gasteiger partial charge in [0.05, 0.1) is 16.8 Å². The zero-order valence-corrected chi connectivity index (χ0v) is 11.9. The maximum atomic E-state index is 13.2. The molecule has 0 saturated heterocycles. The standard InChI is InChI=1S/C13H12BrFOS/c1-8-7-9(3-4-10(8)15)12(14)13-11(16-2)5-6-17-13/h3-7,12H,1-2H3. The molecule has 4 heteroatoms. The van der Waals surface area contributed by atoms with Crippen molar-refractivity contribution in [2.45, 2.75) is 11.8 Å². The van der Waals surface area contributed by atoms with Crippen LogP contribution >= 0.6 is 27.3 Å². The van der Waals surface area contributed by atoms with Crippen LogP contribution in [0.15, 0.2) is 29.6 Å². The normalized spacial score (nSPS) is 12.5. The fourth-order valence-electron chi connectivity index (χ4n) is 1.64. The highest BCUT2D eigenvalue weighted by molar-refractivity contribution is 9.09. The lowest BCUT2D eigenvalue weighted by atomic mass is 10.1. The van der Waals surface area contributed by atoms with Crippen molar-refractivity contribution in [1.82, 2.24) is 0 Å². The van der Waals surface area contributed by atoms with Gasteiger partial charge in [0.15, 0.2) is 0 Å². The lowest BCUT2D eigenvalue weighted by molar-refractivity contribution is 0.413. The number of ether oxygens (including phenoxy) is 1. The van der Waals surface area contributed by atoms with Crippen LogP contribution in [0.3, 0.4) is 0 Å². The number of hydrogen-bond acceptors (Lipinski definition) is 2. The predicted octanol–water partition coefficient (Wildman–Crippen LogP) is 4.69. The van der Waals surface area contributed by atoms with E-state index >= 15 is 0 Å². The molecular formula is C13H12BrFOS. The van der Waals surface area contributed by atoms with Gasteiger partial charge in [-0.05, 0) is 35.6 Å². The van der Waals surface area contributed by atoms with Gasteiger partial charge in [-0.15, -0.1) is 11.3 Å². The Labute approximate surface area is 112 Å². The summed E-state index contributed by atoms with van der Waals surface area (Å²) < 4.78 is 18.5. The molecule has 0 radical (unpaired) electrons. The summed E-state index contributed by atoms with van der Waals surface area (Å²) in [6, 6.07) is 7.08. The third kappa shape index (κ3) is 2.53. The number of aryl methyl sites for hydroxylation is 1. The van der Waals surface area contributed by atoms with E-state index in [-0.39, 0.29) is 10.6 Å². The highest BCUT2D eigenvalue weighted by Gasteiger charge is 2.17. The lowest BCUT2D eigenvalue weighted by Gasteiger charge is -2.11. The van der Waals surface area contributed by atoms with Crippen LogP contribution in [-0.4, -0.2) is 7.11 Å². The Morgan fingerprint density at radius 1 is 1.35 bits per heavy atom. The highest BCUT2D eigenvalue weighted by Crippen LogP contribution is 2.40. The van der Waals surface area contributed by atoms with E-state index in [0.29, 0.717) is 5.56 Å². The van der Waals surface area contributed by atoms with Gasteiger partial charge in [-0.1, -0.05) is 28.1 Å². The quantitative estimate of drug-likeness (QED) is 0.747. The van der Waals surface area contributed by atoms with Crippen molar-refractivity contribution in [3.05, 3.63) is 51.5 Å². The minimum atomic E-state index is -0.174. The van der Waals surface area contributed by atoms with Gasteiger partial charge in [0, 0.05) is 0 Å². The number of hydrogen-bond donors (Lipinski definition) is 0. The van der Waals surface area contributed by atoms with Crippen LogP contribution in [0.4, 0.5) is 4.39 Å². The zero-order valence-electron chi connectivity index (χ0n) is 9.54. The van der Waals surface area contributed by atoms with Gasteiger partial charge in [-0.3, -0.25) is 0 Å². The Kier molecular flexibility index (Phi) is 3.84. The first-order chi connectivity index (χ1) is 8.13. The Morgan fingerprint density at radius 3 is 2.76 bits per heavy atom. The van der Waals surface area contributed by atoms with E-state index in [1.54, 1.807) is 31.4 Å². The fraction of sp³-hybridized carbons (Fsp3) is 0.231. The van der Waals surface area contributed by atoms with Crippen LogP contribution < -0.4 is 4.74 Å². The second kappa shape index (κ2) is 5.19. The van der Waals surface area contributed by atoms with Crippen LogP contribution in [0.1, 0.15) is 20.8 Å². The number of thiophene rings is 1. The molecule has 1 aromatic heterocycles. The summed E-state index contributed by atoms with van der Waals surface area (Å²) in [5.74, 6) is 0.686. The summed E-state index contributed by atoms with van der Waals surface area (Å²) in [6.45, 7) is 1.77. The molecular weight excluding hydrogens is 303 g/mol. The molecule has 0 aliphatic rings. The molecule has 17 heavy (non-hydrogen) atoms. The molecule has 0 aliphatic heterocycles. The van der Waals surface area contributed by atoms with Gasteiger partial charge in [0.25, 0.3) is 0 Å². The molecule has 1 atom stereocenters.